The van der Waals surface area contributed by atoms with Gasteiger partial charge in [-0.05, 0) is 20.8 Å². The number of Topliss-reactive ketones (excluding diaryl/α,β-unsaturated/α-hetero) is 1. The fourth-order valence-electron chi connectivity index (χ4n) is 1.37. The molecule has 86 valence electrons. The lowest BCUT2D eigenvalue weighted by Crippen LogP contribution is -2.50. The molecular weight excluding hydrogens is 186 g/mol. The smallest absolute Gasteiger partial charge is 0.156 e. The van der Waals surface area contributed by atoms with Gasteiger partial charge in [0.15, 0.2) is 5.78 Å². The highest BCUT2D eigenvalue weighted by Gasteiger charge is 2.31. The van der Waals surface area contributed by atoms with Crippen molar-refractivity contribution in [3.05, 3.63) is 0 Å². The van der Waals surface area contributed by atoms with E-state index in [1.807, 2.05) is 41.5 Å². The molecule has 0 aliphatic rings. The molecule has 2 heteroatoms. The van der Waals surface area contributed by atoms with Crippen LogP contribution in [-0.2, 0) is 4.79 Å². The Hall–Kier alpha value is -0.810. The van der Waals surface area contributed by atoms with E-state index in [1.165, 1.54) is 0 Å². The third-order valence-corrected chi connectivity index (χ3v) is 1.98. The Kier molecular flexibility index (Phi) is 4.55. The van der Waals surface area contributed by atoms with Crippen LogP contribution in [0, 0.1) is 17.8 Å². The first kappa shape index (κ1) is 14.2. The van der Waals surface area contributed by atoms with Gasteiger partial charge in [-0.1, -0.05) is 20.8 Å². The molecule has 0 saturated heterocycles. The van der Waals surface area contributed by atoms with E-state index in [1.54, 1.807) is 0 Å². The van der Waals surface area contributed by atoms with Crippen LogP contribution in [0.25, 0.3) is 0 Å². The summed E-state index contributed by atoms with van der Waals surface area (Å²) in [5.41, 5.74) is -0.442. The number of terminal acetylenes is 1. The Morgan fingerprint density at radius 3 is 2.00 bits per heavy atom. The summed E-state index contributed by atoms with van der Waals surface area (Å²) in [7, 11) is 0. The fraction of sp³-hybridized carbons (Fsp3) is 0.769. The van der Waals surface area contributed by atoms with Gasteiger partial charge in [-0.15, -0.1) is 12.3 Å². The van der Waals surface area contributed by atoms with Gasteiger partial charge in [0.05, 0.1) is 6.04 Å². The molecule has 0 amide bonds. The van der Waals surface area contributed by atoms with E-state index in [0.717, 1.165) is 0 Å². The van der Waals surface area contributed by atoms with Crippen molar-refractivity contribution >= 4 is 5.78 Å². The second-order valence-corrected chi connectivity index (χ2v) is 5.97. The van der Waals surface area contributed by atoms with Gasteiger partial charge in [-0.2, -0.15) is 0 Å². The molecular formula is C13H23NO. The van der Waals surface area contributed by atoms with Gasteiger partial charge in [0, 0.05) is 17.4 Å². The van der Waals surface area contributed by atoms with Crippen molar-refractivity contribution in [2.75, 3.05) is 0 Å². The van der Waals surface area contributed by atoms with E-state index < -0.39 is 0 Å². The molecule has 0 aromatic rings. The summed E-state index contributed by atoms with van der Waals surface area (Å²) in [6, 6.07) is -0.241. The first-order valence-corrected chi connectivity index (χ1v) is 5.33. The second-order valence-electron chi connectivity index (χ2n) is 5.97. The summed E-state index contributed by atoms with van der Waals surface area (Å²) in [4.78, 5) is 12.1. The highest BCUT2D eigenvalue weighted by atomic mass is 16.1. The molecule has 0 fully saturated rings. The first-order chi connectivity index (χ1) is 6.58. The molecule has 2 nitrogen and oxygen atoms in total. The lowest BCUT2D eigenvalue weighted by atomic mass is 9.84. The predicted octanol–water partition coefficient (Wildman–Crippen LogP) is 2.38. The summed E-state index contributed by atoms with van der Waals surface area (Å²) in [5.74, 6) is 2.74. The summed E-state index contributed by atoms with van der Waals surface area (Å²) in [6.07, 6.45) is 5.74. The Morgan fingerprint density at radius 1 is 1.27 bits per heavy atom. The Balaban J connectivity index is 4.70. The standard InChI is InChI=1S/C13H23NO/c1-8-9-10(14-13(5,6)7)11(15)12(2,3)4/h1,10,14H,9H2,2-7H3/t10-/m0/s1. The number of nitrogens with one attached hydrogen (secondary N) is 1. The van der Waals surface area contributed by atoms with Gasteiger partial charge in [0.25, 0.3) is 0 Å². The Morgan fingerprint density at radius 2 is 1.73 bits per heavy atom. The van der Waals surface area contributed by atoms with Crippen molar-refractivity contribution in [3.63, 3.8) is 0 Å². The number of carbonyl (C=O) groups excluding carboxylic acids is 1. The number of hydrogen-bond acceptors (Lipinski definition) is 2. The van der Waals surface area contributed by atoms with Crippen LogP contribution in [0.1, 0.15) is 48.0 Å². The van der Waals surface area contributed by atoms with Crippen molar-refractivity contribution in [1.29, 1.82) is 0 Å². The molecule has 0 aromatic heterocycles. The quantitative estimate of drug-likeness (QED) is 0.723. The van der Waals surface area contributed by atoms with E-state index in [4.69, 9.17) is 6.42 Å². The molecule has 0 saturated carbocycles. The number of rotatable bonds is 3. The summed E-state index contributed by atoms with van der Waals surface area (Å²) >= 11 is 0. The van der Waals surface area contributed by atoms with Crippen LogP contribution >= 0.6 is 0 Å². The minimum Gasteiger partial charge on any atom is -0.302 e. The maximum Gasteiger partial charge on any atom is 0.156 e. The Bertz CT molecular complexity index is 260. The van der Waals surface area contributed by atoms with Gasteiger partial charge in [0.1, 0.15) is 0 Å². The molecule has 0 aromatic carbocycles. The largest absolute Gasteiger partial charge is 0.302 e. The third kappa shape index (κ3) is 5.59. The molecule has 0 unspecified atom stereocenters. The van der Waals surface area contributed by atoms with E-state index >= 15 is 0 Å². The summed E-state index contributed by atoms with van der Waals surface area (Å²) in [5, 5.41) is 3.27. The van der Waals surface area contributed by atoms with E-state index in [2.05, 4.69) is 11.2 Å². The second kappa shape index (κ2) is 4.81. The molecule has 15 heavy (non-hydrogen) atoms. The average Bonchev–Trinajstić information content (AvgIpc) is 1.98. The first-order valence-electron chi connectivity index (χ1n) is 5.33. The van der Waals surface area contributed by atoms with Crippen LogP contribution in [-0.4, -0.2) is 17.4 Å². The predicted molar refractivity (Wildman–Crippen MR) is 64.6 cm³/mol. The number of hydrogen-bond donors (Lipinski definition) is 1. The minimum atomic E-state index is -0.347. The summed E-state index contributed by atoms with van der Waals surface area (Å²) < 4.78 is 0. The van der Waals surface area contributed by atoms with Crippen LogP contribution in [0.5, 0.6) is 0 Å². The normalized spacial score (nSPS) is 14.5. The topological polar surface area (TPSA) is 29.1 Å². The molecule has 0 radical (unpaired) electrons. The van der Waals surface area contributed by atoms with Crippen LogP contribution in [0.15, 0.2) is 0 Å². The van der Waals surface area contributed by atoms with Crippen LogP contribution < -0.4 is 5.32 Å². The summed E-state index contributed by atoms with van der Waals surface area (Å²) in [6.45, 7) is 11.9. The van der Waals surface area contributed by atoms with Gasteiger partial charge in [-0.3, -0.25) is 4.79 Å². The molecule has 0 bridgehead atoms. The van der Waals surface area contributed by atoms with Gasteiger partial charge >= 0.3 is 0 Å². The zero-order valence-electron chi connectivity index (χ0n) is 10.8. The molecule has 0 aliphatic carbocycles. The van der Waals surface area contributed by atoms with E-state index in [9.17, 15) is 4.79 Å². The van der Waals surface area contributed by atoms with Crippen molar-refractivity contribution in [2.45, 2.75) is 59.5 Å². The monoisotopic (exact) mass is 209 g/mol. The van der Waals surface area contributed by atoms with Crippen LogP contribution in [0.2, 0.25) is 0 Å². The van der Waals surface area contributed by atoms with Gasteiger partial charge < -0.3 is 5.32 Å². The molecule has 1 N–H and O–H groups in total. The van der Waals surface area contributed by atoms with Crippen molar-refractivity contribution in [2.24, 2.45) is 5.41 Å². The highest BCUT2D eigenvalue weighted by molar-refractivity contribution is 5.89. The van der Waals surface area contributed by atoms with Crippen molar-refractivity contribution < 1.29 is 4.79 Å². The molecule has 0 rings (SSSR count). The molecule has 0 heterocycles. The Labute approximate surface area is 93.8 Å². The van der Waals surface area contributed by atoms with Crippen molar-refractivity contribution in [3.8, 4) is 12.3 Å². The maximum atomic E-state index is 12.1. The van der Waals surface area contributed by atoms with E-state index in [0.29, 0.717) is 6.42 Å². The van der Waals surface area contributed by atoms with Crippen molar-refractivity contribution in [1.82, 2.24) is 5.32 Å². The minimum absolute atomic E-state index is 0.0948. The molecule has 1 atom stereocenters. The van der Waals surface area contributed by atoms with Gasteiger partial charge in [0.2, 0.25) is 0 Å². The third-order valence-electron chi connectivity index (χ3n) is 1.98. The van der Waals surface area contributed by atoms with Gasteiger partial charge in [-0.25, -0.2) is 0 Å². The lowest BCUT2D eigenvalue weighted by molar-refractivity contribution is -0.128. The lowest BCUT2D eigenvalue weighted by Gasteiger charge is -2.30. The fourth-order valence-corrected chi connectivity index (χ4v) is 1.37. The highest BCUT2D eigenvalue weighted by Crippen LogP contribution is 2.19. The van der Waals surface area contributed by atoms with Crippen LogP contribution in [0.4, 0.5) is 0 Å². The zero-order valence-corrected chi connectivity index (χ0v) is 10.8. The maximum absolute atomic E-state index is 12.1. The molecule has 0 aliphatic heterocycles. The van der Waals surface area contributed by atoms with Crippen LogP contribution in [0.3, 0.4) is 0 Å². The zero-order chi connectivity index (χ0) is 12.3. The van der Waals surface area contributed by atoms with E-state index in [-0.39, 0.29) is 22.8 Å². The number of carbonyl (C=O) groups is 1. The average molecular weight is 209 g/mol. The number of ketones is 1. The molecule has 0 spiro atoms. The SMILES string of the molecule is C#CC[C@H](NC(C)(C)C)C(=O)C(C)(C)C.